The summed E-state index contributed by atoms with van der Waals surface area (Å²) in [5.74, 6) is 0.00674. The molecular weight excluding hydrogens is 402 g/mol. The molecule has 0 spiro atoms. The molecule has 3 N–H and O–H groups in total. The number of nitrogens with one attached hydrogen (secondary N) is 1. The minimum absolute atomic E-state index is 0.0929. The van der Waals surface area contributed by atoms with E-state index in [4.69, 9.17) is 0 Å². The number of ketones is 1. The largest absolute Gasteiger partial charge is 0.508 e. The van der Waals surface area contributed by atoms with Gasteiger partial charge in [0.05, 0.1) is 0 Å². The number of aromatic hydroxyl groups is 2. The third-order valence-electron chi connectivity index (χ3n) is 6.82. The summed E-state index contributed by atoms with van der Waals surface area (Å²) in [5.41, 5.74) is 3.12. The maximum Gasteiger partial charge on any atom is 0.263 e. The number of carbonyl (C=O) groups is 1. The molecule has 1 heterocycles. The maximum absolute atomic E-state index is 13.7. The molecule has 1 aromatic carbocycles. The molecule has 0 radical (unpaired) electrons. The average molecular weight is 432 g/mol. The van der Waals surface area contributed by atoms with Gasteiger partial charge in [0.15, 0.2) is 5.78 Å². The second-order valence-corrected chi connectivity index (χ2v) is 8.98. The zero-order chi connectivity index (χ0) is 23.0. The van der Waals surface area contributed by atoms with Crippen molar-refractivity contribution in [1.82, 2.24) is 4.98 Å². The lowest BCUT2D eigenvalue weighted by molar-refractivity contribution is 0.101. The molecule has 2 aliphatic carbocycles. The van der Waals surface area contributed by atoms with Gasteiger partial charge in [-0.15, -0.1) is 0 Å². The van der Waals surface area contributed by atoms with Crippen molar-refractivity contribution < 1.29 is 15.0 Å². The fourth-order valence-electron chi connectivity index (χ4n) is 5.17. The summed E-state index contributed by atoms with van der Waals surface area (Å²) in [6.07, 6.45) is 10.5. The number of carbonyl (C=O) groups excluding carboxylic acids is 1. The minimum Gasteiger partial charge on any atom is -0.508 e. The van der Waals surface area contributed by atoms with Crippen LogP contribution in [0.15, 0.2) is 70.2 Å². The topological polar surface area (TPSA) is 90.4 Å². The van der Waals surface area contributed by atoms with Gasteiger partial charge in [0, 0.05) is 23.3 Å². The van der Waals surface area contributed by atoms with E-state index in [-0.39, 0.29) is 28.9 Å². The Hall–Kier alpha value is -3.34. The maximum atomic E-state index is 13.7. The van der Waals surface area contributed by atoms with Crippen LogP contribution in [0.25, 0.3) is 11.1 Å². The SMILES string of the molecule is C/C=C/[C@@H]1C(C(=O)c2c(O)c(-c3ccc(O)cc3)c[nH]c2=O)=CC(C)=C2CC[C@@H](C)C[C@@H]21. The molecule has 1 fully saturated rings. The Balaban J connectivity index is 1.83. The number of aromatic nitrogens is 1. The van der Waals surface area contributed by atoms with Crippen molar-refractivity contribution in [2.45, 2.75) is 40.0 Å². The molecule has 5 nitrogen and oxygen atoms in total. The smallest absolute Gasteiger partial charge is 0.263 e. The first kappa shape index (κ1) is 21.9. The van der Waals surface area contributed by atoms with Crippen molar-refractivity contribution in [1.29, 1.82) is 0 Å². The second-order valence-electron chi connectivity index (χ2n) is 8.98. The first-order valence-corrected chi connectivity index (χ1v) is 11.1. The number of hydrogen-bond acceptors (Lipinski definition) is 4. The van der Waals surface area contributed by atoms with Gasteiger partial charge in [0.25, 0.3) is 5.56 Å². The van der Waals surface area contributed by atoms with Gasteiger partial charge < -0.3 is 15.2 Å². The van der Waals surface area contributed by atoms with Crippen LogP contribution in [0.5, 0.6) is 11.5 Å². The fraction of sp³-hybridized carbons (Fsp3) is 0.333. The number of H-pyrrole nitrogens is 1. The molecule has 2 aliphatic rings. The first-order chi connectivity index (χ1) is 15.3. The Morgan fingerprint density at radius 3 is 2.59 bits per heavy atom. The van der Waals surface area contributed by atoms with E-state index < -0.39 is 11.3 Å². The van der Waals surface area contributed by atoms with Gasteiger partial charge in [0.1, 0.15) is 17.1 Å². The van der Waals surface area contributed by atoms with E-state index in [2.05, 4.69) is 11.9 Å². The van der Waals surface area contributed by atoms with Gasteiger partial charge in [-0.05, 0) is 62.6 Å². The van der Waals surface area contributed by atoms with Gasteiger partial charge in [0.2, 0.25) is 0 Å². The molecule has 1 aromatic heterocycles. The number of allylic oxidation sites excluding steroid dienone is 6. The number of phenolic OH excluding ortho intramolecular Hbond substituents is 1. The normalized spacial score (nSPS) is 23.2. The lowest BCUT2D eigenvalue weighted by Crippen LogP contribution is -2.31. The molecule has 3 atom stereocenters. The summed E-state index contributed by atoms with van der Waals surface area (Å²) >= 11 is 0. The summed E-state index contributed by atoms with van der Waals surface area (Å²) < 4.78 is 0. The molecule has 5 heteroatoms. The van der Waals surface area contributed by atoms with Gasteiger partial charge in [-0.3, -0.25) is 9.59 Å². The second kappa shape index (κ2) is 8.65. The number of rotatable bonds is 4. The van der Waals surface area contributed by atoms with Crippen molar-refractivity contribution in [3.05, 3.63) is 81.3 Å². The molecule has 1 saturated carbocycles. The summed E-state index contributed by atoms with van der Waals surface area (Å²) in [7, 11) is 0. The Kier molecular flexibility index (Phi) is 5.92. The van der Waals surface area contributed by atoms with Crippen molar-refractivity contribution in [2.24, 2.45) is 17.8 Å². The van der Waals surface area contributed by atoms with Crippen LogP contribution in [0.1, 0.15) is 50.4 Å². The number of hydrogen-bond donors (Lipinski definition) is 3. The third kappa shape index (κ3) is 3.83. The molecule has 32 heavy (non-hydrogen) atoms. The standard InChI is InChI=1S/C27H29NO4/c1-4-5-20-21-12-15(2)6-11-19(21)16(3)13-22(20)25(30)24-26(31)23(14-28-27(24)32)17-7-9-18(29)10-8-17/h4-5,7-10,13-15,20-21,29H,6,11-12H2,1-3H3,(H2,28,31,32)/b5-4+/t15-,20+,21+/m1/s1. The Morgan fingerprint density at radius 1 is 1.19 bits per heavy atom. The highest BCUT2D eigenvalue weighted by atomic mass is 16.3. The van der Waals surface area contributed by atoms with Gasteiger partial charge >= 0.3 is 0 Å². The summed E-state index contributed by atoms with van der Waals surface area (Å²) in [5, 5.41) is 20.5. The van der Waals surface area contributed by atoms with Gasteiger partial charge in [-0.25, -0.2) is 0 Å². The molecule has 166 valence electrons. The molecule has 0 saturated heterocycles. The van der Waals surface area contributed by atoms with Crippen molar-refractivity contribution in [3.8, 4) is 22.6 Å². The van der Waals surface area contributed by atoms with E-state index in [1.54, 1.807) is 12.1 Å². The predicted molar refractivity (Wildman–Crippen MR) is 126 cm³/mol. The highest BCUT2D eigenvalue weighted by Gasteiger charge is 2.38. The molecule has 0 bridgehead atoms. The van der Waals surface area contributed by atoms with Crippen molar-refractivity contribution >= 4 is 5.78 Å². The molecule has 2 aromatic rings. The predicted octanol–water partition coefficient (Wildman–Crippen LogP) is 5.52. The highest BCUT2D eigenvalue weighted by Crippen LogP contribution is 2.46. The Bertz CT molecular complexity index is 1200. The molecular formula is C27H29NO4. The van der Waals surface area contributed by atoms with Crippen LogP contribution in [-0.4, -0.2) is 21.0 Å². The van der Waals surface area contributed by atoms with E-state index in [1.165, 1.54) is 23.9 Å². The lowest BCUT2D eigenvalue weighted by atomic mass is 9.65. The van der Waals surface area contributed by atoms with E-state index >= 15 is 0 Å². The highest BCUT2D eigenvalue weighted by molar-refractivity contribution is 6.12. The lowest BCUT2D eigenvalue weighted by Gasteiger charge is -2.39. The van der Waals surface area contributed by atoms with Crippen LogP contribution in [0.3, 0.4) is 0 Å². The number of aromatic amines is 1. The first-order valence-electron chi connectivity index (χ1n) is 11.1. The van der Waals surface area contributed by atoms with Crippen LogP contribution < -0.4 is 5.56 Å². The zero-order valence-electron chi connectivity index (χ0n) is 18.7. The number of phenols is 1. The molecule has 0 unspecified atom stereocenters. The number of Topliss-reactive ketones (excluding diaryl/α,β-unsaturated/α-hetero) is 1. The number of benzene rings is 1. The van der Waals surface area contributed by atoms with Crippen molar-refractivity contribution in [2.75, 3.05) is 0 Å². The van der Waals surface area contributed by atoms with Crippen molar-refractivity contribution in [3.63, 3.8) is 0 Å². The zero-order valence-corrected chi connectivity index (χ0v) is 18.7. The summed E-state index contributed by atoms with van der Waals surface area (Å²) in [6, 6.07) is 6.24. The molecule has 0 aliphatic heterocycles. The van der Waals surface area contributed by atoms with E-state index in [0.717, 1.165) is 24.8 Å². The quantitative estimate of drug-likeness (QED) is 0.439. The summed E-state index contributed by atoms with van der Waals surface area (Å²) in [6.45, 7) is 6.22. The number of fused-ring (bicyclic) bond motifs is 1. The van der Waals surface area contributed by atoms with E-state index in [0.29, 0.717) is 22.6 Å². The minimum atomic E-state index is -0.611. The van der Waals surface area contributed by atoms with Gasteiger partial charge in [-0.1, -0.05) is 48.4 Å². The monoisotopic (exact) mass is 431 g/mol. The van der Waals surface area contributed by atoms with Crippen LogP contribution in [0.2, 0.25) is 0 Å². The average Bonchev–Trinajstić information content (AvgIpc) is 2.76. The van der Waals surface area contributed by atoms with E-state index in [1.807, 2.05) is 32.1 Å². The Morgan fingerprint density at radius 2 is 1.91 bits per heavy atom. The van der Waals surface area contributed by atoms with Crippen LogP contribution in [0.4, 0.5) is 0 Å². The van der Waals surface area contributed by atoms with E-state index in [9.17, 15) is 19.8 Å². The summed E-state index contributed by atoms with van der Waals surface area (Å²) in [4.78, 5) is 29.0. The third-order valence-corrected chi connectivity index (χ3v) is 6.82. The molecule has 4 rings (SSSR count). The molecule has 0 amide bonds. The number of pyridine rings is 1. The van der Waals surface area contributed by atoms with Gasteiger partial charge in [-0.2, -0.15) is 0 Å². The van der Waals surface area contributed by atoms with Crippen LogP contribution >= 0.6 is 0 Å². The Labute approximate surface area is 187 Å². The van der Waals surface area contributed by atoms with Crippen LogP contribution in [0, 0.1) is 17.8 Å². The fourth-order valence-corrected chi connectivity index (χ4v) is 5.17. The van der Waals surface area contributed by atoms with Crippen LogP contribution in [-0.2, 0) is 0 Å².